The van der Waals surface area contributed by atoms with Crippen LogP contribution in [0, 0.1) is 0 Å². The quantitative estimate of drug-likeness (QED) is 0.711. The molecule has 0 aliphatic carbocycles. The first kappa shape index (κ1) is 15.5. The molecule has 0 radical (unpaired) electrons. The summed E-state index contributed by atoms with van der Waals surface area (Å²) in [5.41, 5.74) is 2.42. The van der Waals surface area contributed by atoms with Crippen molar-refractivity contribution in [2.24, 2.45) is 0 Å². The summed E-state index contributed by atoms with van der Waals surface area (Å²) in [5, 5.41) is 1.49. The summed E-state index contributed by atoms with van der Waals surface area (Å²) in [6, 6.07) is 17.1. The zero-order valence-corrected chi connectivity index (χ0v) is 14.9. The van der Waals surface area contributed by atoms with Crippen molar-refractivity contribution in [1.29, 1.82) is 0 Å². The Balaban J connectivity index is 1.90. The molecule has 2 aromatic carbocycles. The predicted octanol–water partition coefficient (Wildman–Crippen LogP) is 4.71. The van der Waals surface area contributed by atoms with E-state index in [0.29, 0.717) is 13.2 Å². The van der Waals surface area contributed by atoms with E-state index in [1.54, 1.807) is 0 Å². The summed E-state index contributed by atoms with van der Waals surface area (Å²) in [7, 11) is -1.19. The Hall–Kier alpha value is -0.903. The Morgan fingerprint density at radius 2 is 1.55 bits per heavy atom. The molecule has 0 fully saturated rings. The van der Waals surface area contributed by atoms with Crippen LogP contribution in [0.25, 0.3) is 0 Å². The predicted molar refractivity (Wildman–Crippen MR) is 92.1 cm³/mol. The minimum Gasteiger partial charge on any atom is -0.372 e. The fourth-order valence-electron chi connectivity index (χ4n) is 2.00. The molecule has 0 aromatic heterocycles. The van der Waals surface area contributed by atoms with Crippen LogP contribution in [0.4, 0.5) is 0 Å². The number of rotatable bonds is 5. The van der Waals surface area contributed by atoms with Crippen molar-refractivity contribution < 1.29 is 4.74 Å². The van der Waals surface area contributed by atoms with E-state index in [4.69, 9.17) is 4.74 Å². The molecular weight excluding hydrogens is 328 g/mol. The van der Waals surface area contributed by atoms with Gasteiger partial charge in [0.05, 0.1) is 21.3 Å². The van der Waals surface area contributed by atoms with Crippen LogP contribution in [-0.2, 0) is 18.0 Å². The summed E-state index contributed by atoms with van der Waals surface area (Å²) in [6.07, 6.45) is 0. The SMILES string of the molecule is C[Si](C)(C)c1ccc(COCc2ccccc2Br)cc1. The molecule has 0 saturated heterocycles. The van der Waals surface area contributed by atoms with Crippen molar-refractivity contribution in [3.05, 3.63) is 64.1 Å². The van der Waals surface area contributed by atoms with Gasteiger partial charge in [-0.1, -0.05) is 83.2 Å². The minimum absolute atomic E-state index is 0.636. The number of benzene rings is 2. The molecule has 106 valence electrons. The standard InChI is InChI=1S/C17H21BrOSi/c1-20(2,3)16-10-8-14(9-11-16)12-19-13-15-6-4-5-7-17(15)18/h4-11H,12-13H2,1-3H3. The lowest BCUT2D eigenvalue weighted by Crippen LogP contribution is -2.37. The average Bonchev–Trinajstić information content (AvgIpc) is 2.40. The van der Waals surface area contributed by atoms with Crippen molar-refractivity contribution in [3.8, 4) is 0 Å². The van der Waals surface area contributed by atoms with Gasteiger partial charge in [-0.05, 0) is 17.2 Å². The van der Waals surface area contributed by atoms with Crippen molar-refractivity contribution in [2.75, 3.05) is 0 Å². The van der Waals surface area contributed by atoms with E-state index in [1.165, 1.54) is 16.3 Å². The summed E-state index contributed by atoms with van der Waals surface area (Å²) < 4.78 is 6.90. The van der Waals surface area contributed by atoms with E-state index in [0.717, 1.165) is 4.47 Å². The van der Waals surface area contributed by atoms with E-state index < -0.39 is 8.07 Å². The van der Waals surface area contributed by atoms with Crippen LogP contribution >= 0.6 is 15.9 Å². The molecule has 0 saturated carbocycles. The van der Waals surface area contributed by atoms with Gasteiger partial charge in [0.25, 0.3) is 0 Å². The largest absolute Gasteiger partial charge is 0.372 e. The Labute approximate surface area is 131 Å². The highest BCUT2D eigenvalue weighted by Crippen LogP contribution is 2.17. The van der Waals surface area contributed by atoms with Crippen LogP contribution in [0.3, 0.4) is 0 Å². The third-order valence-electron chi connectivity index (χ3n) is 3.30. The highest BCUT2D eigenvalue weighted by Gasteiger charge is 2.15. The first-order valence-electron chi connectivity index (χ1n) is 6.87. The molecule has 0 bridgehead atoms. The van der Waals surface area contributed by atoms with Crippen molar-refractivity contribution in [1.82, 2.24) is 0 Å². The zero-order valence-electron chi connectivity index (χ0n) is 12.3. The summed E-state index contributed by atoms with van der Waals surface area (Å²) >= 11 is 3.54. The topological polar surface area (TPSA) is 9.23 Å². The highest BCUT2D eigenvalue weighted by molar-refractivity contribution is 9.10. The molecule has 0 unspecified atom stereocenters. The number of ether oxygens (including phenoxy) is 1. The summed E-state index contributed by atoms with van der Waals surface area (Å²) in [6.45, 7) is 8.40. The molecule has 0 amide bonds. The van der Waals surface area contributed by atoms with Gasteiger partial charge in [-0.2, -0.15) is 0 Å². The molecule has 3 heteroatoms. The van der Waals surface area contributed by atoms with E-state index in [-0.39, 0.29) is 0 Å². The minimum atomic E-state index is -1.19. The third kappa shape index (κ3) is 4.30. The first-order valence-corrected chi connectivity index (χ1v) is 11.2. The molecule has 20 heavy (non-hydrogen) atoms. The number of hydrogen-bond donors (Lipinski definition) is 0. The Bertz CT molecular complexity index is 558. The van der Waals surface area contributed by atoms with E-state index in [1.807, 2.05) is 18.2 Å². The summed E-state index contributed by atoms with van der Waals surface area (Å²) in [4.78, 5) is 0. The second-order valence-electron chi connectivity index (χ2n) is 6.03. The average molecular weight is 349 g/mol. The number of hydrogen-bond acceptors (Lipinski definition) is 1. The molecule has 0 heterocycles. The molecule has 0 aliphatic heterocycles. The van der Waals surface area contributed by atoms with Gasteiger partial charge in [-0.3, -0.25) is 0 Å². The second kappa shape index (κ2) is 6.70. The maximum atomic E-state index is 5.79. The van der Waals surface area contributed by atoms with E-state index in [9.17, 15) is 0 Å². The summed E-state index contributed by atoms with van der Waals surface area (Å²) in [5.74, 6) is 0. The highest BCUT2D eigenvalue weighted by atomic mass is 79.9. The molecule has 0 spiro atoms. The van der Waals surface area contributed by atoms with Crippen LogP contribution < -0.4 is 5.19 Å². The zero-order chi connectivity index (χ0) is 14.6. The molecule has 0 aliphatic rings. The van der Waals surface area contributed by atoms with Gasteiger partial charge < -0.3 is 4.74 Å². The van der Waals surface area contributed by atoms with Crippen molar-refractivity contribution >= 4 is 29.2 Å². The van der Waals surface area contributed by atoms with Gasteiger partial charge in [0.2, 0.25) is 0 Å². The van der Waals surface area contributed by atoms with Crippen LogP contribution in [0.15, 0.2) is 53.0 Å². The van der Waals surface area contributed by atoms with Gasteiger partial charge in [-0.15, -0.1) is 0 Å². The lowest BCUT2D eigenvalue weighted by molar-refractivity contribution is 0.107. The van der Waals surface area contributed by atoms with Gasteiger partial charge in [0.15, 0.2) is 0 Å². The van der Waals surface area contributed by atoms with Crippen molar-refractivity contribution in [3.63, 3.8) is 0 Å². The first-order chi connectivity index (χ1) is 9.47. The second-order valence-corrected chi connectivity index (χ2v) is 12.0. The smallest absolute Gasteiger partial charge is 0.0775 e. The van der Waals surface area contributed by atoms with Crippen LogP contribution in [0.2, 0.25) is 19.6 Å². The lowest BCUT2D eigenvalue weighted by atomic mass is 10.2. The number of halogens is 1. The molecular formula is C17H21BrOSi. The molecule has 0 N–H and O–H groups in total. The van der Waals surface area contributed by atoms with Gasteiger partial charge in [0, 0.05) is 4.47 Å². The van der Waals surface area contributed by atoms with Crippen LogP contribution in [0.1, 0.15) is 11.1 Å². The fourth-order valence-corrected chi connectivity index (χ4v) is 3.56. The van der Waals surface area contributed by atoms with Crippen LogP contribution in [0.5, 0.6) is 0 Å². The third-order valence-corrected chi connectivity index (χ3v) is 6.14. The van der Waals surface area contributed by atoms with Crippen LogP contribution in [-0.4, -0.2) is 8.07 Å². The Morgan fingerprint density at radius 1 is 0.900 bits per heavy atom. The molecule has 0 atom stereocenters. The van der Waals surface area contributed by atoms with Gasteiger partial charge in [0.1, 0.15) is 0 Å². The molecule has 2 aromatic rings. The fraction of sp³-hybridized carbons (Fsp3) is 0.294. The maximum Gasteiger partial charge on any atom is 0.0775 e. The van der Waals surface area contributed by atoms with E-state index >= 15 is 0 Å². The Morgan fingerprint density at radius 3 is 2.15 bits per heavy atom. The normalized spacial score (nSPS) is 11.6. The molecule has 1 nitrogen and oxygen atoms in total. The molecule has 2 rings (SSSR count). The van der Waals surface area contributed by atoms with E-state index in [2.05, 4.69) is 65.9 Å². The van der Waals surface area contributed by atoms with Crippen molar-refractivity contribution in [2.45, 2.75) is 32.9 Å². The Kier molecular flexibility index (Phi) is 5.19. The monoisotopic (exact) mass is 348 g/mol. The van der Waals surface area contributed by atoms with Gasteiger partial charge >= 0.3 is 0 Å². The lowest BCUT2D eigenvalue weighted by Gasteiger charge is -2.16. The van der Waals surface area contributed by atoms with Gasteiger partial charge in [-0.25, -0.2) is 0 Å². The maximum absolute atomic E-state index is 5.79.